The zero-order valence-corrected chi connectivity index (χ0v) is 28.2. The Kier molecular flexibility index (Phi) is 12.8. The summed E-state index contributed by atoms with van der Waals surface area (Å²) >= 11 is 0. The van der Waals surface area contributed by atoms with Crippen molar-refractivity contribution in [3.05, 3.63) is 0 Å². The molecule has 2 unspecified atom stereocenters. The summed E-state index contributed by atoms with van der Waals surface area (Å²) in [5.41, 5.74) is -0.560. The van der Waals surface area contributed by atoms with Crippen LogP contribution >= 0.6 is 0 Å². The predicted molar refractivity (Wildman–Crippen MR) is 174 cm³/mol. The Bertz CT molecular complexity index is 794. The van der Waals surface area contributed by atoms with Gasteiger partial charge in [0.1, 0.15) is 17.3 Å². The van der Waals surface area contributed by atoms with E-state index in [2.05, 4.69) is 27.7 Å². The smallest absolute Gasteiger partial charge is 0.145 e. The molecule has 0 radical (unpaired) electrons. The maximum atomic E-state index is 15.7. The van der Waals surface area contributed by atoms with Crippen LogP contribution in [0, 0.1) is 46.3 Å². The first-order valence-electron chi connectivity index (χ1n) is 18.9. The molecule has 2 atom stereocenters. The summed E-state index contributed by atoms with van der Waals surface area (Å²) in [4.78, 5) is 41.6. The van der Waals surface area contributed by atoms with Gasteiger partial charge in [-0.15, -0.1) is 0 Å². The molecule has 4 aliphatic carbocycles. The van der Waals surface area contributed by atoms with Crippen LogP contribution in [0.1, 0.15) is 182 Å². The average Bonchev–Trinajstić information content (AvgIpc) is 3.05. The van der Waals surface area contributed by atoms with Crippen LogP contribution in [-0.2, 0) is 14.4 Å². The number of hydrogen-bond acceptors (Lipinski definition) is 3. The number of unbranched alkanes of at least 4 members (excludes halogenated alkanes) is 2. The van der Waals surface area contributed by atoms with E-state index in [1.807, 2.05) is 0 Å². The van der Waals surface area contributed by atoms with Crippen LogP contribution in [0.2, 0.25) is 0 Å². The molecule has 0 saturated heterocycles. The topological polar surface area (TPSA) is 51.2 Å². The quantitative estimate of drug-likeness (QED) is 0.205. The monoisotopic (exact) mass is 583 g/mol. The Balaban J connectivity index is 1.59. The van der Waals surface area contributed by atoms with Gasteiger partial charge in [0.25, 0.3) is 0 Å². The molecule has 0 bridgehead atoms. The van der Waals surface area contributed by atoms with Crippen molar-refractivity contribution >= 4 is 17.3 Å². The van der Waals surface area contributed by atoms with Gasteiger partial charge >= 0.3 is 0 Å². The van der Waals surface area contributed by atoms with E-state index in [4.69, 9.17) is 0 Å². The third-order valence-electron chi connectivity index (χ3n) is 13.5. The van der Waals surface area contributed by atoms with Gasteiger partial charge in [0, 0.05) is 35.5 Å². The second-order valence-corrected chi connectivity index (χ2v) is 15.8. The van der Waals surface area contributed by atoms with E-state index < -0.39 is 0 Å². The SMILES string of the molecule is CCCCC(=O)[C@H]1CC[C@H](C(C)(C(=O)C(C)(C2CCCCC2)[C@H]2CC[C@H](C(=O)CCCC)CC2)C2CCCCC2)CC1. The lowest BCUT2D eigenvalue weighted by molar-refractivity contribution is -0.158. The minimum atomic E-state index is -0.280. The largest absolute Gasteiger partial charge is 0.299 e. The van der Waals surface area contributed by atoms with Crippen LogP contribution < -0.4 is 0 Å². The van der Waals surface area contributed by atoms with Gasteiger partial charge < -0.3 is 0 Å². The Morgan fingerprint density at radius 1 is 0.476 bits per heavy atom. The van der Waals surface area contributed by atoms with Gasteiger partial charge in [-0.2, -0.15) is 0 Å². The molecular formula is C39H66O3. The standard InChI is InChI=1S/C39H66O3/c1-5-7-19-35(40)29-21-25-33(26-22-29)38(3,31-15-11-9-12-16-31)37(42)39(4,32-17-13-10-14-18-32)34-27-23-30(24-28-34)36(41)20-8-6-2/h29-34H,5-28H2,1-4H3/t29-,30-,33-,34-,38?,39?. The Morgan fingerprint density at radius 3 is 1.10 bits per heavy atom. The fourth-order valence-corrected chi connectivity index (χ4v) is 10.5. The minimum absolute atomic E-state index is 0.226. The predicted octanol–water partition coefficient (Wildman–Crippen LogP) is 10.9. The van der Waals surface area contributed by atoms with Gasteiger partial charge in [0.05, 0.1) is 0 Å². The molecule has 0 N–H and O–H groups in total. The second-order valence-electron chi connectivity index (χ2n) is 15.8. The van der Waals surface area contributed by atoms with Gasteiger partial charge in [-0.25, -0.2) is 0 Å². The highest BCUT2D eigenvalue weighted by molar-refractivity contribution is 5.91. The molecular weight excluding hydrogens is 516 g/mol. The first kappa shape index (κ1) is 33.9. The van der Waals surface area contributed by atoms with E-state index in [0.717, 1.165) is 89.9 Å². The van der Waals surface area contributed by atoms with Crippen molar-refractivity contribution in [1.82, 2.24) is 0 Å². The molecule has 0 heterocycles. The Hall–Kier alpha value is -0.990. The number of carbonyl (C=O) groups is 3. The zero-order chi connectivity index (χ0) is 30.2. The number of carbonyl (C=O) groups excluding carboxylic acids is 3. The number of rotatable bonds is 14. The van der Waals surface area contributed by atoms with Crippen LogP contribution in [-0.4, -0.2) is 17.3 Å². The fourth-order valence-electron chi connectivity index (χ4n) is 10.5. The van der Waals surface area contributed by atoms with E-state index in [1.165, 1.54) is 64.2 Å². The average molecular weight is 583 g/mol. The lowest BCUT2D eigenvalue weighted by Gasteiger charge is -2.55. The molecule has 0 amide bonds. The van der Waals surface area contributed by atoms with E-state index in [1.54, 1.807) is 0 Å². The molecule has 3 heteroatoms. The molecule has 0 aliphatic heterocycles. The summed E-state index contributed by atoms with van der Waals surface area (Å²) < 4.78 is 0. The highest BCUT2D eigenvalue weighted by atomic mass is 16.1. The zero-order valence-electron chi connectivity index (χ0n) is 28.2. The van der Waals surface area contributed by atoms with E-state index in [9.17, 15) is 9.59 Å². The van der Waals surface area contributed by atoms with Crippen molar-refractivity contribution in [2.75, 3.05) is 0 Å². The summed E-state index contributed by atoms with van der Waals surface area (Å²) in [6.45, 7) is 9.20. The van der Waals surface area contributed by atoms with Crippen LogP contribution in [0.4, 0.5) is 0 Å². The van der Waals surface area contributed by atoms with Gasteiger partial charge in [-0.05, 0) is 114 Å². The molecule has 3 nitrogen and oxygen atoms in total. The molecule has 4 aliphatic rings. The highest BCUT2D eigenvalue weighted by Gasteiger charge is 2.58. The van der Waals surface area contributed by atoms with Crippen LogP contribution in [0.3, 0.4) is 0 Å². The molecule has 4 saturated carbocycles. The van der Waals surface area contributed by atoms with Gasteiger partial charge in [-0.1, -0.05) is 79.1 Å². The summed E-state index contributed by atoms with van der Waals surface area (Å²) in [7, 11) is 0. The Labute approximate surface area is 259 Å². The normalized spacial score (nSPS) is 31.1. The van der Waals surface area contributed by atoms with Crippen molar-refractivity contribution in [1.29, 1.82) is 0 Å². The summed E-state index contributed by atoms with van der Waals surface area (Å²) in [5.74, 6) is 3.85. The second kappa shape index (κ2) is 15.8. The first-order chi connectivity index (χ1) is 20.3. The maximum absolute atomic E-state index is 15.7. The number of hydrogen-bond donors (Lipinski definition) is 0. The third-order valence-corrected chi connectivity index (χ3v) is 13.5. The van der Waals surface area contributed by atoms with Crippen molar-refractivity contribution in [2.45, 2.75) is 182 Å². The summed E-state index contributed by atoms with van der Waals surface area (Å²) in [6.07, 6.45) is 26.4. The van der Waals surface area contributed by atoms with Crippen molar-refractivity contribution in [3.8, 4) is 0 Å². The summed E-state index contributed by atoms with van der Waals surface area (Å²) in [6, 6.07) is 0. The van der Waals surface area contributed by atoms with E-state index >= 15 is 4.79 Å². The van der Waals surface area contributed by atoms with E-state index in [0.29, 0.717) is 41.0 Å². The van der Waals surface area contributed by atoms with Crippen molar-refractivity contribution in [3.63, 3.8) is 0 Å². The molecule has 0 aromatic carbocycles. The van der Waals surface area contributed by atoms with Crippen LogP contribution in [0.25, 0.3) is 0 Å². The number of Topliss-reactive ketones (excluding diaryl/α,β-unsaturated/α-hetero) is 3. The molecule has 0 spiro atoms. The molecule has 4 rings (SSSR count). The fraction of sp³-hybridized carbons (Fsp3) is 0.923. The number of ketones is 3. The summed E-state index contributed by atoms with van der Waals surface area (Å²) in [5, 5.41) is 0. The first-order valence-corrected chi connectivity index (χ1v) is 18.9. The van der Waals surface area contributed by atoms with Gasteiger partial charge in [-0.3, -0.25) is 14.4 Å². The molecule has 4 fully saturated rings. The lowest BCUT2D eigenvalue weighted by atomic mass is 9.47. The van der Waals surface area contributed by atoms with E-state index in [-0.39, 0.29) is 22.7 Å². The van der Waals surface area contributed by atoms with Crippen molar-refractivity contribution < 1.29 is 14.4 Å². The molecule has 42 heavy (non-hydrogen) atoms. The molecule has 240 valence electrons. The third kappa shape index (κ3) is 7.44. The van der Waals surface area contributed by atoms with Crippen LogP contribution in [0.5, 0.6) is 0 Å². The van der Waals surface area contributed by atoms with Crippen LogP contribution in [0.15, 0.2) is 0 Å². The highest BCUT2D eigenvalue weighted by Crippen LogP contribution is 2.59. The molecule has 0 aromatic rings. The maximum Gasteiger partial charge on any atom is 0.145 e. The Morgan fingerprint density at radius 2 is 0.786 bits per heavy atom. The van der Waals surface area contributed by atoms with Gasteiger partial charge in [0.15, 0.2) is 0 Å². The molecule has 0 aromatic heterocycles. The minimum Gasteiger partial charge on any atom is -0.299 e. The lowest BCUT2D eigenvalue weighted by Crippen LogP contribution is -2.56. The van der Waals surface area contributed by atoms with Crippen molar-refractivity contribution in [2.24, 2.45) is 46.3 Å². The van der Waals surface area contributed by atoms with Gasteiger partial charge in [0.2, 0.25) is 0 Å².